The molecule has 0 aromatic rings. The molecular formula is C32H47NO2. The van der Waals surface area contributed by atoms with Crippen LogP contribution < -0.4 is 0 Å². The molecule has 5 rings (SSSR count). The van der Waals surface area contributed by atoms with Gasteiger partial charge in [0.15, 0.2) is 5.78 Å². The molecule has 0 amide bonds. The Morgan fingerprint density at radius 1 is 0.914 bits per heavy atom. The smallest absolute Gasteiger partial charge is 0.226 e. The van der Waals surface area contributed by atoms with E-state index >= 15 is 0 Å². The van der Waals surface area contributed by atoms with Crippen LogP contribution in [0.25, 0.3) is 4.85 Å². The van der Waals surface area contributed by atoms with Gasteiger partial charge in [0.2, 0.25) is 5.70 Å². The summed E-state index contributed by atoms with van der Waals surface area (Å²) in [5.74, 6) is 1.51. The van der Waals surface area contributed by atoms with Gasteiger partial charge in [-0.3, -0.25) is 4.79 Å². The van der Waals surface area contributed by atoms with Gasteiger partial charge in [0.05, 0.1) is 6.57 Å². The highest BCUT2D eigenvalue weighted by atomic mass is 16.1. The van der Waals surface area contributed by atoms with E-state index in [1.165, 1.54) is 32.1 Å². The Kier molecular flexibility index (Phi) is 5.28. The Morgan fingerprint density at radius 2 is 1.57 bits per heavy atom. The normalized spacial score (nSPS) is 50.1. The van der Waals surface area contributed by atoms with Crippen LogP contribution in [0.5, 0.6) is 0 Å². The van der Waals surface area contributed by atoms with Crippen LogP contribution in [-0.2, 0) is 9.59 Å². The first-order valence-corrected chi connectivity index (χ1v) is 14.3. The third kappa shape index (κ3) is 3.01. The van der Waals surface area contributed by atoms with Gasteiger partial charge < -0.3 is 4.79 Å². The fourth-order valence-electron chi connectivity index (χ4n) is 11.0. The summed E-state index contributed by atoms with van der Waals surface area (Å²) < 4.78 is 0. The maximum atomic E-state index is 14.4. The minimum Gasteiger partial charge on any atom is -0.307 e. The molecule has 0 radical (unpaired) electrons. The summed E-state index contributed by atoms with van der Waals surface area (Å²) in [7, 11) is 0. The van der Waals surface area contributed by atoms with Gasteiger partial charge in [-0.15, -0.1) is 0 Å². The van der Waals surface area contributed by atoms with E-state index in [2.05, 4.69) is 60.2 Å². The van der Waals surface area contributed by atoms with Crippen LogP contribution in [0.1, 0.15) is 113 Å². The number of carbonyl (C=O) groups excluding carboxylic acids is 2. The van der Waals surface area contributed by atoms with Crippen molar-refractivity contribution in [1.29, 1.82) is 0 Å². The van der Waals surface area contributed by atoms with Crippen molar-refractivity contribution < 1.29 is 9.59 Å². The Balaban J connectivity index is 1.63. The van der Waals surface area contributed by atoms with E-state index in [1.807, 2.05) is 6.08 Å². The summed E-state index contributed by atoms with van der Waals surface area (Å²) in [6.07, 6.45) is 12.1. The van der Waals surface area contributed by atoms with Crippen LogP contribution in [-0.4, -0.2) is 11.6 Å². The third-order valence-electron chi connectivity index (χ3n) is 13.3. The third-order valence-corrected chi connectivity index (χ3v) is 13.3. The van der Waals surface area contributed by atoms with Crippen LogP contribution in [0, 0.1) is 62.7 Å². The number of nitrogens with zero attached hydrogens (tertiary/aromatic N) is 1. The molecule has 3 nitrogen and oxygen atoms in total. The molecule has 35 heavy (non-hydrogen) atoms. The van der Waals surface area contributed by atoms with Gasteiger partial charge in [-0.05, 0) is 89.8 Å². The molecule has 0 aliphatic heterocycles. The minimum absolute atomic E-state index is 0.000338. The zero-order valence-corrected chi connectivity index (χ0v) is 23.5. The van der Waals surface area contributed by atoms with Crippen molar-refractivity contribution >= 4 is 11.6 Å². The summed E-state index contributed by atoms with van der Waals surface area (Å²) in [4.78, 5) is 31.3. The first-order chi connectivity index (χ1) is 16.1. The first-order valence-electron chi connectivity index (χ1n) is 14.3. The summed E-state index contributed by atoms with van der Waals surface area (Å²) >= 11 is 0. The molecule has 4 fully saturated rings. The number of hydrogen-bond donors (Lipinski definition) is 0. The fraction of sp³-hybridized carbons (Fsp3) is 0.844. The molecule has 5 aliphatic rings. The molecule has 192 valence electrons. The monoisotopic (exact) mass is 477 g/mol. The standard InChI is InChI=1S/C32H47NO2/c1-10-32-15-13-27(2,3)18-20(32)25-22(34)17-24-29(6)19-21(33-9)26(35)28(4,5)23(29)11-12-30(24,7)31(25,8)14-16-32/h19-20,23-25H,10-18H2,1-8H3/t20-,23-,24+,25-,29-,30+,31+,32+/m0/s1. The predicted octanol–water partition coefficient (Wildman–Crippen LogP) is 8.05. The van der Waals surface area contributed by atoms with Crippen molar-refractivity contribution in [1.82, 2.24) is 0 Å². The average Bonchev–Trinajstić information content (AvgIpc) is 2.77. The number of hydrogen-bond acceptors (Lipinski definition) is 2. The molecule has 0 saturated heterocycles. The lowest BCUT2D eigenvalue weighted by atomic mass is 9.31. The quantitative estimate of drug-likeness (QED) is 0.358. The number of fused-ring (bicyclic) bond motifs is 7. The molecule has 0 spiro atoms. The van der Waals surface area contributed by atoms with Gasteiger partial charge in [-0.2, -0.15) is 0 Å². The van der Waals surface area contributed by atoms with Crippen molar-refractivity contribution in [2.45, 2.75) is 113 Å². The number of ketones is 2. The predicted molar refractivity (Wildman–Crippen MR) is 140 cm³/mol. The molecule has 0 bridgehead atoms. The number of allylic oxidation sites excluding steroid dienone is 2. The van der Waals surface area contributed by atoms with Crippen LogP contribution in [0.4, 0.5) is 0 Å². The molecule has 0 aromatic carbocycles. The second-order valence-corrected chi connectivity index (χ2v) is 15.4. The molecule has 0 aromatic heterocycles. The van der Waals surface area contributed by atoms with E-state index in [4.69, 9.17) is 6.57 Å². The number of rotatable bonds is 1. The molecule has 0 heterocycles. The summed E-state index contributed by atoms with van der Waals surface area (Å²) in [6.45, 7) is 26.3. The second-order valence-electron chi connectivity index (χ2n) is 15.4. The van der Waals surface area contributed by atoms with E-state index in [9.17, 15) is 9.59 Å². The highest BCUT2D eigenvalue weighted by Crippen LogP contribution is 2.76. The SMILES string of the molecule is [C-]#[N+]C1=C[C@]2(C)[C@H]3CC(=O)[C@@H]4[C@@H]5CC(C)(C)CC[C@]5(CC)CC[C@@]4(C)[C@]3(C)CC[C@H]2C(C)(C)C1=O. The van der Waals surface area contributed by atoms with Crippen LogP contribution in [0.15, 0.2) is 11.8 Å². The topological polar surface area (TPSA) is 38.5 Å². The zero-order valence-electron chi connectivity index (χ0n) is 23.5. The van der Waals surface area contributed by atoms with E-state index in [0.29, 0.717) is 34.6 Å². The minimum atomic E-state index is -0.553. The lowest BCUT2D eigenvalue weighted by Crippen LogP contribution is -2.68. The van der Waals surface area contributed by atoms with Gasteiger partial charge in [0, 0.05) is 17.8 Å². The van der Waals surface area contributed by atoms with E-state index in [1.54, 1.807) is 0 Å². The maximum absolute atomic E-state index is 14.4. The number of carbonyl (C=O) groups is 2. The van der Waals surface area contributed by atoms with Gasteiger partial charge in [0.1, 0.15) is 5.78 Å². The molecule has 3 heteroatoms. The zero-order chi connectivity index (χ0) is 25.8. The largest absolute Gasteiger partial charge is 0.307 e. The lowest BCUT2D eigenvalue weighted by molar-refractivity contribution is -0.223. The number of Topliss-reactive ketones (excluding diaryl/α,β-unsaturated/α-hetero) is 2. The van der Waals surface area contributed by atoms with Gasteiger partial charge in [0.25, 0.3) is 0 Å². The fourth-order valence-corrected chi connectivity index (χ4v) is 11.0. The molecule has 5 aliphatic carbocycles. The Hall–Kier alpha value is -1.43. The van der Waals surface area contributed by atoms with Crippen molar-refractivity contribution in [2.24, 2.45) is 56.2 Å². The summed E-state index contributed by atoms with van der Waals surface area (Å²) in [5.41, 5.74) is 0.122. The molecular weight excluding hydrogens is 430 g/mol. The van der Waals surface area contributed by atoms with E-state index < -0.39 is 5.41 Å². The van der Waals surface area contributed by atoms with Crippen molar-refractivity contribution in [3.63, 3.8) is 0 Å². The molecule has 0 unspecified atom stereocenters. The van der Waals surface area contributed by atoms with Crippen molar-refractivity contribution in [3.05, 3.63) is 23.2 Å². The molecule has 4 saturated carbocycles. The summed E-state index contributed by atoms with van der Waals surface area (Å²) in [5, 5.41) is 0. The first kappa shape index (κ1) is 25.2. The Morgan fingerprint density at radius 3 is 2.20 bits per heavy atom. The lowest BCUT2D eigenvalue weighted by Gasteiger charge is -2.72. The molecule has 0 N–H and O–H groups in total. The van der Waals surface area contributed by atoms with Gasteiger partial charge in [-0.1, -0.05) is 67.9 Å². The van der Waals surface area contributed by atoms with Crippen LogP contribution >= 0.6 is 0 Å². The Bertz CT molecular complexity index is 1040. The average molecular weight is 478 g/mol. The highest BCUT2D eigenvalue weighted by Gasteiger charge is 2.71. The van der Waals surface area contributed by atoms with Crippen LogP contribution in [0.3, 0.4) is 0 Å². The second kappa shape index (κ2) is 7.33. The van der Waals surface area contributed by atoms with Crippen molar-refractivity contribution in [2.75, 3.05) is 0 Å². The summed E-state index contributed by atoms with van der Waals surface area (Å²) in [6, 6.07) is 0. The van der Waals surface area contributed by atoms with Crippen molar-refractivity contribution in [3.8, 4) is 0 Å². The Labute approximate surface area is 213 Å². The van der Waals surface area contributed by atoms with Gasteiger partial charge in [-0.25, -0.2) is 4.85 Å². The highest BCUT2D eigenvalue weighted by molar-refractivity contribution is 6.02. The van der Waals surface area contributed by atoms with Gasteiger partial charge >= 0.3 is 0 Å². The van der Waals surface area contributed by atoms with Crippen LogP contribution in [0.2, 0.25) is 0 Å². The van der Waals surface area contributed by atoms with E-state index in [-0.39, 0.29) is 39.8 Å². The van der Waals surface area contributed by atoms with E-state index in [0.717, 1.165) is 19.3 Å². The molecule has 8 atom stereocenters. The maximum Gasteiger partial charge on any atom is 0.226 e.